The maximum atomic E-state index is 3.68. The molecular weight excluding hydrogens is 234 g/mol. The van der Waals surface area contributed by atoms with Crippen LogP contribution in [0.4, 0.5) is 0 Å². The first-order chi connectivity index (χ1) is 9.15. The zero-order valence-corrected chi connectivity index (χ0v) is 13.2. The topological polar surface area (TPSA) is 18.5 Å². The molecule has 2 aliphatic heterocycles. The molecule has 3 nitrogen and oxygen atoms in total. The van der Waals surface area contributed by atoms with Crippen LogP contribution < -0.4 is 5.32 Å². The van der Waals surface area contributed by atoms with Crippen LogP contribution >= 0.6 is 0 Å². The fourth-order valence-corrected chi connectivity index (χ4v) is 3.55. The second-order valence-corrected chi connectivity index (χ2v) is 6.92. The molecule has 0 spiro atoms. The molecule has 2 aliphatic rings. The molecule has 2 saturated heterocycles. The summed E-state index contributed by atoms with van der Waals surface area (Å²) in [5.41, 5.74) is 0. The summed E-state index contributed by atoms with van der Waals surface area (Å²) >= 11 is 0. The Labute approximate surface area is 119 Å². The van der Waals surface area contributed by atoms with Crippen molar-refractivity contribution in [1.82, 2.24) is 15.1 Å². The third kappa shape index (κ3) is 5.05. The normalized spacial score (nSPS) is 28.7. The molecule has 2 atom stereocenters. The number of hydrogen-bond donors (Lipinski definition) is 1. The highest BCUT2D eigenvalue weighted by atomic mass is 15.1. The van der Waals surface area contributed by atoms with Crippen molar-refractivity contribution in [2.24, 2.45) is 5.92 Å². The van der Waals surface area contributed by atoms with Gasteiger partial charge in [0.15, 0.2) is 0 Å². The van der Waals surface area contributed by atoms with Crippen LogP contribution in [0.5, 0.6) is 0 Å². The van der Waals surface area contributed by atoms with E-state index in [1.54, 1.807) is 0 Å². The average Bonchev–Trinajstić information content (AvgIpc) is 2.42. The molecule has 0 bridgehead atoms. The van der Waals surface area contributed by atoms with E-state index in [2.05, 4.69) is 36.1 Å². The van der Waals surface area contributed by atoms with Crippen molar-refractivity contribution in [3.63, 3.8) is 0 Å². The van der Waals surface area contributed by atoms with Crippen LogP contribution in [-0.2, 0) is 0 Å². The Balaban J connectivity index is 1.67. The zero-order chi connectivity index (χ0) is 13.7. The van der Waals surface area contributed by atoms with Crippen molar-refractivity contribution in [2.45, 2.75) is 57.5 Å². The van der Waals surface area contributed by atoms with Gasteiger partial charge in [-0.3, -0.25) is 0 Å². The van der Waals surface area contributed by atoms with Crippen LogP contribution in [0, 0.1) is 5.92 Å². The highest BCUT2D eigenvalue weighted by molar-refractivity contribution is 4.79. The minimum Gasteiger partial charge on any atom is -0.314 e. The lowest BCUT2D eigenvalue weighted by Gasteiger charge is -2.35. The molecule has 0 radical (unpaired) electrons. The fourth-order valence-electron chi connectivity index (χ4n) is 3.55. The Bertz CT molecular complexity index is 242. The van der Waals surface area contributed by atoms with Gasteiger partial charge in [0, 0.05) is 18.6 Å². The van der Waals surface area contributed by atoms with Gasteiger partial charge in [-0.25, -0.2) is 0 Å². The number of rotatable bonds is 5. The first kappa shape index (κ1) is 15.3. The summed E-state index contributed by atoms with van der Waals surface area (Å²) in [6, 6.07) is 1.49. The molecule has 0 aromatic carbocycles. The van der Waals surface area contributed by atoms with Crippen molar-refractivity contribution in [3.05, 3.63) is 0 Å². The number of nitrogens with zero attached hydrogens (tertiary/aromatic N) is 2. The van der Waals surface area contributed by atoms with E-state index < -0.39 is 0 Å². The van der Waals surface area contributed by atoms with Gasteiger partial charge >= 0.3 is 0 Å². The van der Waals surface area contributed by atoms with Gasteiger partial charge in [0.2, 0.25) is 0 Å². The molecule has 2 fully saturated rings. The molecule has 112 valence electrons. The van der Waals surface area contributed by atoms with Crippen molar-refractivity contribution in [1.29, 1.82) is 0 Å². The van der Waals surface area contributed by atoms with E-state index in [9.17, 15) is 0 Å². The third-order valence-electron chi connectivity index (χ3n) is 5.17. The molecule has 2 rings (SSSR count). The predicted octanol–water partition coefficient (Wildman–Crippen LogP) is 2.18. The van der Waals surface area contributed by atoms with Crippen molar-refractivity contribution in [3.8, 4) is 0 Å². The predicted molar refractivity (Wildman–Crippen MR) is 82.6 cm³/mol. The van der Waals surface area contributed by atoms with Crippen molar-refractivity contribution in [2.75, 3.05) is 40.3 Å². The van der Waals surface area contributed by atoms with Crippen molar-refractivity contribution >= 4 is 0 Å². The molecule has 19 heavy (non-hydrogen) atoms. The highest BCUT2D eigenvalue weighted by Crippen LogP contribution is 2.20. The Morgan fingerprint density at radius 1 is 1.21 bits per heavy atom. The fraction of sp³-hybridized carbons (Fsp3) is 1.00. The van der Waals surface area contributed by atoms with Crippen LogP contribution in [0.2, 0.25) is 0 Å². The molecular formula is C16H33N3. The van der Waals surface area contributed by atoms with Gasteiger partial charge in [0.1, 0.15) is 0 Å². The minimum absolute atomic E-state index is 0.718. The smallest absolute Gasteiger partial charge is 0.00818 e. The van der Waals surface area contributed by atoms with Gasteiger partial charge in [0.25, 0.3) is 0 Å². The van der Waals surface area contributed by atoms with Crippen LogP contribution in [0.15, 0.2) is 0 Å². The maximum Gasteiger partial charge on any atom is 0.00818 e. The lowest BCUT2D eigenvalue weighted by molar-refractivity contribution is 0.143. The van der Waals surface area contributed by atoms with E-state index in [1.807, 2.05) is 0 Å². The second-order valence-electron chi connectivity index (χ2n) is 6.92. The van der Waals surface area contributed by atoms with Crippen LogP contribution in [0.1, 0.15) is 45.4 Å². The summed E-state index contributed by atoms with van der Waals surface area (Å²) < 4.78 is 0. The molecule has 0 aromatic heterocycles. The van der Waals surface area contributed by atoms with E-state index in [-0.39, 0.29) is 0 Å². The van der Waals surface area contributed by atoms with Gasteiger partial charge in [-0.05, 0) is 78.7 Å². The molecule has 1 N–H and O–H groups in total. The summed E-state index contributed by atoms with van der Waals surface area (Å²) in [5, 5.41) is 3.68. The number of hydrogen-bond acceptors (Lipinski definition) is 3. The standard InChI is InChI=1S/C16H33N3/c1-14(12-16-6-4-5-9-17-16)19(3)13-15-7-10-18(2)11-8-15/h14-17H,4-13H2,1-3H3. The quantitative estimate of drug-likeness (QED) is 0.824. The summed E-state index contributed by atoms with van der Waals surface area (Å²) in [7, 11) is 4.57. The maximum absolute atomic E-state index is 3.68. The molecule has 0 aliphatic carbocycles. The summed E-state index contributed by atoms with van der Waals surface area (Å²) in [4.78, 5) is 5.07. The first-order valence-electron chi connectivity index (χ1n) is 8.27. The Kier molecular flexibility index (Phi) is 6.11. The lowest BCUT2D eigenvalue weighted by Crippen LogP contribution is -2.43. The summed E-state index contributed by atoms with van der Waals surface area (Å²) in [6.45, 7) is 7.51. The van der Waals surface area contributed by atoms with E-state index in [0.29, 0.717) is 0 Å². The van der Waals surface area contributed by atoms with Gasteiger partial charge in [0.05, 0.1) is 0 Å². The van der Waals surface area contributed by atoms with E-state index in [1.165, 1.54) is 64.7 Å². The van der Waals surface area contributed by atoms with Crippen LogP contribution in [0.25, 0.3) is 0 Å². The molecule has 0 amide bonds. The highest BCUT2D eigenvalue weighted by Gasteiger charge is 2.22. The number of likely N-dealkylation sites (tertiary alicyclic amines) is 1. The van der Waals surface area contributed by atoms with E-state index >= 15 is 0 Å². The largest absolute Gasteiger partial charge is 0.314 e. The first-order valence-corrected chi connectivity index (χ1v) is 8.27. The Morgan fingerprint density at radius 2 is 1.95 bits per heavy atom. The lowest BCUT2D eigenvalue weighted by atomic mass is 9.94. The minimum atomic E-state index is 0.718. The molecule has 2 heterocycles. The monoisotopic (exact) mass is 267 g/mol. The van der Waals surface area contributed by atoms with E-state index in [0.717, 1.165) is 18.0 Å². The third-order valence-corrected chi connectivity index (χ3v) is 5.17. The second kappa shape index (κ2) is 7.61. The van der Waals surface area contributed by atoms with Gasteiger partial charge in [-0.1, -0.05) is 6.42 Å². The Hall–Kier alpha value is -0.120. The average molecular weight is 267 g/mol. The SMILES string of the molecule is CC(CC1CCCCN1)N(C)CC1CCN(C)CC1. The van der Waals surface area contributed by atoms with Crippen LogP contribution in [-0.4, -0.2) is 62.2 Å². The molecule has 2 unspecified atom stereocenters. The number of nitrogens with one attached hydrogen (secondary N) is 1. The molecule has 0 aromatic rings. The summed E-state index contributed by atoms with van der Waals surface area (Å²) in [5.74, 6) is 0.919. The Morgan fingerprint density at radius 3 is 2.58 bits per heavy atom. The van der Waals surface area contributed by atoms with E-state index in [4.69, 9.17) is 0 Å². The van der Waals surface area contributed by atoms with Gasteiger partial charge in [-0.2, -0.15) is 0 Å². The number of piperidine rings is 2. The summed E-state index contributed by atoms with van der Waals surface area (Å²) in [6.07, 6.45) is 8.26. The molecule has 0 saturated carbocycles. The van der Waals surface area contributed by atoms with Gasteiger partial charge in [-0.15, -0.1) is 0 Å². The zero-order valence-electron chi connectivity index (χ0n) is 13.2. The van der Waals surface area contributed by atoms with Gasteiger partial charge < -0.3 is 15.1 Å². The van der Waals surface area contributed by atoms with Crippen molar-refractivity contribution < 1.29 is 0 Å². The van der Waals surface area contributed by atoms with Crippen LogP contribution in [0.3, 0.4) is 0 Å². The molecule has 3 heteroatoms.